The Hall–Kier alpha value is -2.98. The Morgan fingerprint density at radius 3 is 2.73 bits per heavy atom. The van der Waals surface area contributed by atoms with Crippen LogP contribution in [0.25, 0.3) is 5.65 Å². The Bertz CT molecular complexity index is 1220. The van der Waals surface area contributed by atoms with E-state index >= 15 is 0 Å². The number of halogens is 4. The lowest BCUT2D eigenvalue weighted by Crippen LogP contribution is -2.58. The van der Waals surface area contributed by atoms with E-state index in [1.54, 1.807) is 22.9 Å². The topological polar surface area (TPSA) is 75.9 Å². The van der Waals surface area contributed by atoms with E-state index in [1.807, 2.05) is 6.20 Å². The number of hydrogen-bond donors (Lipinski definition) is 2. The van der Waals surface area contributed by atoms with E-state index in [1.165, 1.54) is 0 Å². The zero-order valence-corrected chi connectivity index (χ0v) is 17.4. The van der Waals surface area contributed by atoms with Gasteiger partial charge >= 0.3 is 6.18 Å². The van der Waals surface area contributed by atoms with Gasteiger partial charge in [-0.15, -0.1) is 0 Å². The monoisotopic (exact) mass is 463 g/mol. The van der Waals surface area contributed by atoms with Crippen LogP contribution in [0.15, 0.2) is 42.9 Å². The van der Waals surface area contributed by atoms with Gasteiger partial charge < -0.3 is 19.6 Å². The maximum atomic E-state index is 14.9. The van der Waals surface area contributed by atoms with Crippen molar-refractivity contribution in [1.82, 2.24) is 14.7 Å². The smallest absolute Gasteiger partial charge is 0.388 e. The third kappa shape index (κ3) is 3.87. The van der Waals surface area contributed by atoms with Crippen LogP contribution < -0.4 is 5.32 Å². The number of carbonyl (C=O) groups is 1. The molecule has 1 aliphatic heterocycles. The van der Waals surface area contributed by atoms with Crippen molar-refractivity contribution in [3.8, 4) is 0 Å². The number of aliphatic hydroxyl groups excluding tert-OH is 1. The molecule has 2 fully saturated rings. The maximum Gasteiger partial charge on any atom is 0.416 e. The van der Waals surface area contributed by atoms with E-state index in [4.69, 9.17) is 4.74 Å². The summed E-state index contributed by atoms with van der Waals surface area (Å²) in [6, 6.07) is 3.64. The number of nitrogens with zero attached hydrogens (tertiary/aromatic N) is 2. The number of hydrogen-bond acceptors (Lipinski definition) is 4. The quantitative estimate of drug-likeness (QED) is 0.578. The Kier molecular flexibility index (Phi) is 5.17. The van der Waals surface area contributed by atoms with E-state index in [0.717, 1.165) is 30.5 Å². The molecule has 33 heavy (non-hydrogen) atoms. The van der Waals surface area contributed by atoms with Crippen LogP contribution in [-0.4, -0.2) is 39.7 Å². The van der Waals surface area contributed by atoms with E-state index in [2.05, 4.69) is 10.3 Å². The second-order valence-electron chi connectivity index (χ2n) is 8.58. The summed E-state index contributed by atoms with van der Waals surface area (Å²) in [7, 11) is 0. The molecule has 2 aromatic heterocycles. The van der Waals surface area contributed by atoms with Crippen LogP contribution >= 0.6 is 0 Å². The number of ether oxygens (including phenoxy) is 1. The van der Waals surface area contributed by atoms with Gasteiger partial charge in [0.2, 0.25) is 0 Å². The molecule has 0 bridgehead atoms. The number of aromatic nitrogens is 2. The standard InChI is InChI=1S/C23H21F4N3O3/c24-18-9-15(23(25,26)27)3-4-17(18)22(6-8-33-12-19(22)31)29-21(32)16-5-7-30-11-14(13-1-2-13)10-28-20(16)30/h3-5,7,9-11,13,19,31H,1-2,6,8,12H2,(H,29,32)/t19-,22+/m0/s1. The lowest BCUT2D eigenvalue weighted by atomic mass is 9.79. The molecule has 3 heterocycles. The van der Waals surface area contributed by atoms with Crippen molar-refractivity contribution in [2.45, 2.75) is 43.0 Å². The van der Waals surface area contributed by atoms with Crippen molar-refractivity contribution < 1.29 is 32.2 Å². The van der Waals surface area contributed by atoms with Crippen LogP contribution in [0, 0.1) is 5.82 Å². The van der Waals surface area contributed by atoms with E-state index < -0.39 is 35.1 Å². The Morgan fingerprint density at radius 1 is 1.27 bits per heavy atom. The molecule has 174 valence electrons. The summed E-state index contributed by atoms with van der Waals surface area (Å²) < 4.78 is 61.0. The summed E-state index contributed by atoms with van der Waals surface area (Å²) >= 11 is 0. The van der Waals surface area contributed by atoms with Crippen LogP contribution in [0.5, 0.6) is 0 Å². The second-order valence-corrected chi connectivity index (χ2v) is 8.58. The Labute approximate surface area is 186 Å². The summed E-state index contributed by atoms with van der Waals surface area (Å²) in [4.78, 5) is 17.7. The Morgan fingerprint density at radius 2 is 2.06 bits per heavy atom. The van der Waals surface area contributed by atoms with Gasteiger partial charge in [0.1, 0.15) is 17.6 Å². The normalized spacial score (nSPS) is 23.6. The summed E-state index contributed by atoms with van der Waals surface area (Å²) in [5.74, 6) is -1.31. The van der Waals surface area contributed by atoms with Gasteiger partial charge in [0, 0.05) is 37.2 Å². The number of alkyl halides is 3. The van der Waals surface area contributed by atoms with Crippen LogP contribution in [0.1, 0.15) is 52.2 Å². The molecular formula is C23H21F4N3O3. The molecule has 2 N–H and O–H groups in total. The van der Waals surface area contributed by atoms with E-state index in [0.29, 0.717) is 17.6 Å². The molecule has 1 amide bonds. The summed E-state index contributed by atoms with van der Waals surface area (Å²) in [5, 5.41) is 13.4. The number of fused-ring (bicyclic) bond motifs is 1. The van der Waals surface area contributed by atoms with E-state index in [-0.39, 0.29) is 30.8 Å². The molecule has 5 rings (SSSR count). The van der Waals surface area contributed by atoms with Gasteiger partial charge in [-0.3, -0.25) is 4.79 Å². The fourth-order valence-electron chi connectivity index (χ4n) is 4.40. The first-order chi connectivity index (χ1) is 15.7. The number of benzene rings is 1. The lowest BCUT2D eigenvalue weighted by molar-refractivity contribution is -0.137. The zero-order valence-electron chi connectivity index (χ0n) is 17.4. The zero-order chi connectivity index (χ0) is 23.4. The first-order valence-electron chi connectivity index (χ1n) is 10.6. The van der Waals surface area contributed by atoms with Crippen molar-refractivity contribution >= 4 is 11.6 Å². The molecular weight excluding hydrogens is 442 g/mol. The molecule has 0 spiro atoms. The minimum absolute atomic E-state index is 0.0206. The predicted octanol–water partition coefficient (Wildman–Crippen LogP) is 3.78. The summed E-state index contributed by atoms with van der Waals surface area (Å²) in [6.45, 7) is -0.127. The number of carbonyl (C=O) groups excluding carboxylic acids is 1. The SMILES string of the molecule is O=C(N[C@@]1(c2ccc(C(F)(F)F)cc2F)CCOC[C@@H]1O)c1ccn2cc(C3CC3)cnc12. The molecule has 6 nitrogen and oxygen atoms in total. The molecule has 0 radical (unpaired) electrons. The van der Waals surface area contributed by atoms with Gasteiger partial charge in [-0.25, -0.2) is 9.37 Å². The van der Waals surface area contributed by atoms with Crippen molar-refractivity contribution in [3.05, 3.63) is 70.9 Å². The largest absolute Gasteiger partial charge is 0.416 e. The average Bonchev–Trinajstić information content (AvgIpc) is 3.53. The fourth-order valence-corrected chi connectivity index (χ4v) is 4.40. The number of rotatable bonds is 4. The molecule has 1 aromatic carbocycles. The molecule has 1 aliphatic carbocycles. The van der Waals surface area contributed by atoms with Gasteiger partial charge in [0.15, 0.2) is 0 Å². The summed E-state index contributed by atoms with van der Waals surface area (Å²) in [6.07, 6.45) is 1.41. The molecule has 0 unspecified atom stereocenters. The molecule has 2 atom stereocenters. The number of aliphatic hydroxyl groups is 1. The van der Waals surface area contributed by atoms with Crippen LogP contribution in [0.2, 0.25) is 0 Å². The highest BCUT2D eigenvalue weighted by molar-refractivity contribution is 6.00. The second kappa shape index (κ2) is 7.81. The van der Waals surface area contributed by atoms with E-state index in [9.17, 15) is 27.5 Å². The van der Waals surface area contributed by atoms with Gasteiger partial charge in [-0.2, -0.15) is 13.2 Å². The van der Waals surface area contributed by atoms with Crippen LogP contribution in [0.3, 0.4) is 0 Å². The minimum atomic E-state index is -4.72. The van der Waals surface area contributed by atoms with Crippen LogP contribution in [-0.2, 0) is 16.5 Å². The number of amides is 1. The molecule has 1 saturated heterocycles. The fraction of sp³-hybridized carbons (Fsp3) is 0.391. The van der Waals surface area contributed by atoms with Gasteiger partial charge in [-0.1, -0.05) is 6.07 Å². The number of nitrogens with one attached hydrogen (secondary N) is 1. The molecule has 1 saturated carbocycles. The third-order valence-corrected chi connectivity index (χ3v) is 6.40. The average molecular weight is 463 g/mol. The predicted molar refractivity (Wildman–Crippen MR) is 109 cm³/mol. The first kappa shape index (κ1) is 21.8. The Balaban J connectivity index is 1.51. The highest BCUT2D eigenvalue weighted by Crippen LogP contribution is 2.40. The van der Waals surface area contributed by atoms with Gasteiger partial charge in [0.05, 0.1) is 23.3 Å². The summed E-state index contributed by atoms with van der Waals surface area (Å²) in [5.41, 5.74) is -1.36. The maximum absolute atomic E-state index is 14.9. The lowest BCUT2D eigenvalue weighted by Gasteiger charge is -2.42. The van der Waals surface area contributed by atoms with Crippen molar-refractivity contribution in [3.63, 3.8) is 0 Å². The minimum Gasteiger partial charge on any atom is -0.388 e. The van der Waals surface area contributed by atoms with Crippen molar-refractivity contribution in [1.29, 1.82) is 0 Å². The first-order valence-corrected chi connectivity index (χ1v) is 10.6. The highest BCUT2D eigenvalue weighted by atomic mass is 19.4. The van der Waals surface area contributed by atoms with Crippen LogP contribution in [0.4, 0.5) is 17.6 Å². The molecule has 2 aliphatic rings. The molecule has 3 aromatic rings. The van der Waals surface area contributed by atoms with Gasteiger partial charge in [-0.05, 0) is 42.5 Å². The highest BCUT2D eigenvalue weighted by Gasteiger charge is 2.46. The van der Waals surface area contributed by atoms with Crippen molar-refractivity contribution in [2.24, 2.45) is 0 Å². The van der Waals surface area contributed by atoms with Gasteiger partial charge in [0.25, 0.3) is 5.91 Å². The third-order valence-electron chi connectivity index (χ3n) is 6.40. The molecule has 10 heteroatoms. The van der Waals surface area contributed by atoms with Crippen molar-refractivity contribution in [2.75, 3.05) is 13.2 Å².